The molecule has 0 aliphatic carbocycles. The third kappa shape index (κ3) is 2.20. The highest BCUT2D eigenvalue weighted by atomic mass is 32.1. The van der Waals surface area contributed by atoms with Crippen molar-refractivity contribution in [3.8, 4) is 17.5 Å². The Kier molecular flexibility index (Phi) is 3.24. The normalized spacial score (nSPS) is 10.5. The maximum absolute atomic E-state index is 9.00. The Labute approximate surface area is 127 Å². The van der Waals surface area contributed by atoms with Crippen molar-refractivity contribution in [2.24, 2.45) is 0 Å². The van der Waals surface area contributed by atoms with E-state index in [0.29, 0.717) is 16.1 Å². The summed E-state index contributed by atoms with van der Waals surface area (Å²) in [5.74, 6) is 0.618. The lowest BCUT2D eigenvalue weighted by atomic mass is 10.2. The predicted octanol–water partition coefficient (Wildman–Crippen LogP) is 3.88. The molecule has 4 nitrogen and oxygen atoms in total. The first-order valence-corrected chi connectivity index (χ1v) is 6.85. The SMILES string of the molecule is COc1cc(C#N)ccc1-n1c(=S)[nH]c2ccc(C)cc21. The molecule has 0 unspecified atom stereocenters. The Hall–Kier alpha value is -2.58. The van der Waals surface area contributed by atoms with Crippen LogP contribution >= 0.6 is 12.2 Å². The van der Waals surface area contributed by atoms with Crippen LogP contribution in [0.5, 0.6) is 5.75 Å². The number of aromatic amines is 1. The minimum absolute atomic E-state index is 0.554. The van der Waals surface area contributed by atoms with Crippen LogP contribution in [0.15, 0.2) is 36.4 Å². The molecule has 21 heavy (non-hydrogen) atoms. The van der Waals surface area contributed by atoms with Crippen LogP contribution in [0, 0.1) is 23.0 Å². The van der Waals surface area contributed by atoms with E-state index in [1.807, 2.05) is 29.7 Å². The van der Waals surface area contributed by atoms with Crippen LogP contribution in [0.4, 0.5) is 0 Å². The number of rotatable bonds is 2. The van der Waals surface area contributed by atoms with Gasteiger partial charge in [0.05, 0.1) is 35.5 Å². The second-order valence-electron chi connectivity index (χ2n) is 4.78. The third-order valence-electron chi connectivity index (χ3n) is 3.39. The van der Waals surface area contributed by atoms with E-state index >= 15 is 0 Å². The first-order chi connectivity index (χ1) is 10.1. The summed E-state index contributed by atoms with van der Waals surface area (Å²) in [6.07, 6.45) is 0. The van der Waals surface area contributed by atoms with Crippen LogP contribution in [-0.4, -0.2) is 16.7 Å². The van der Waals surface area contributed by atoms with Crippen LogP contribution in [0.2, 0.25) is 0 Å². The van der Waals surface area contributed by atoms with E-state index in [1.165, 1.54) is 0 Å². The Morgan fingerprint density at radius 1 is 1.24 bits per heavy atom. The highest BCUT2D eigenvalue weighted by Gasteiger charge is 2.12. The van der Waals surface area contributed by atoms with Crippen molar-refractivity contribution in [1.29, 1.82) is 5.26 Å². The summed E-state index contributed by atoms with van der Waals surface area (Å²) in [5, 5.41) is 9.00. The molecule has 1 N–H and O–H groups in total. The van der Waals surface area contributed by atoms with Crippen LogP contribution in [-0.2, 0) is 0 Å². The summed E-state index contributed by atoms with van der Waals surface area (Å²) in [5.41, 5.74) is 4.48. The van der Waals surface area contributed by atoms with Crippen molar-refractivity contribution in [3.63, 3.8) is 0 Å². The predicted molar refractivity (Wildman–Crippen MR) is 84.5 cm³/mol. The lowest BCUT2D eigenvalue weighted by Crippen LogP contribution is -1.98. The number of nitriles is 1. The molecule has 0 radical (unpaired) electrons. The number of aromatic nitrogens is 2. The Morgan fingerprint density at radius 2 is 2.05 bits per heavy atom. The molecular weight excluding hydrogens is 282 g/mol. The van der Waals surface area contributed by atoms with E-state index in [9.17, 15) is 0 Å². The van der Waals surface area contributed by atoms with Gasteiger partial charge in [0.2, 0.25) is 0 Å². The zero-order chi connectivity index (χ0) is 15.0. The Morgan fingerprint density at radius 3 is 2.76 bits per heavy atom. The van der Waals surface area contributed by atoms with E-state index in [2.05, 4.69) is 17.1 Å². The molecule has 0 fully saturated rings. The highest BCUT2D eigenvalue weighted by molar-refractivity contribution is 7.71. The molecule has 1 heterocycles. The topological polar surface area (TPSA) is 53.7 Å². The molecule has 0 bridgehead atoms. The number of ether oxygens (including phenoxy) is 1. The first kappa shape index (κ1) is 13.4. The number of benzene rings is 2. The molecule has 0 saturated carbocycles. The standard InChI is InChI=1S/C16H13N3OS/c1-10-3-5-12-14(7-10)19(16(21)18-12)13-6-4-11(9-17)8-15(13)20-2/h3-8H,1-2H3,(H,18,21). The van der Waals surface area contributed by atoms with Gasteiger partial charge in [0, 0.05) is 6.07 Å². The number of nitrogens with one attached hydrogen (secondary N) is 1. The van der Waals surface area contributed by atoms with Crippen molar-refractivity contribution in [1.82, 2.24) is 9.55 Å². The van der Waals surface area contributed by atoms with E-state index in [0.717, 1.165) is 22.3 Å². The average molecular weight is 295 g/mol. The summed E-state index contributed by atoms with van der Waals surface area (Å²) in [6.45, 7) is 2.04. The third-order valence-corrected chi connectivity index (χ3v) is 3.67. The molecular formula is C16H13N3OS. The van der Waals surface area contributed by atoms with Gasteiger partial charge in [0.1, 0.15) is 5.75 Å². The van der Waals surface area contributed by atoms with Crippen LogP contribution in [0.1, 0.15) is 11.1 Å². The van der Waals surface area contributed by atoms with Gasteiger partial charge in [-0.2, -0.15) is 5.26 Å². The van der Waals surface area contributed by atoms with Gasteiger partial charge in [-0.3, -0.25) is 4.57 Å². The summed E-state index contributed by atoms with van der Waals surface area (Å²) < 4.78 is 7.94. The van der Waals surface area contributed by atoms with Gasteiger partial charge in [-0.15, -0.1) is 0 Å². The number of aryl methyl sites for hydroxylation is 1. The smallest absolute Gasteiger partial charge is 0.182 e. The first-order valence-electron chi connectivity index (χ1n) is 6.44. The fraction of sp³-hybridized carbons (Fsp3) is 0.125. The van der Waals surface area contributed by atoms with Gasteiger partial charge in [0.15, 0.2) is 4.77 Å². The second-order valence-corrected chi connectivity index (χ2v) is 5.17. The van der Waals surface area contributed by atoms with Crippen LogP contribution in [0.25, 0.3) is 16.7 Å². The lowest BCUT2D eigenvalue weighted by Gasteiger charge is -2.11. The van der Waals surface area contributed by atoms with Crippen LogP contribution < -0.4 is 4.74 Å². The van der Waals surface area contributed by atoms with Crippen molar-refractivity contribution >= 4 is 23.3 Å². The molecule has 0 aliphatic heterocycles. The number of hydrogen-bond acceptors (Lipinski definition) is 3. The molecule has 0 saturated heterocycles. The quantitative estimate of drug-likeness (QED) is 0.730. The molecule has 0 spiro atoms. The highest BCUT2D eigenvalue weighted by Crippen LogP contribution is 2.28. The monoisotopic (exact) mass is 295 g/mol. The Bertz CT molecular complexity index is 931. The fourth-order valence-electron chi connectivity index (χ4n) is 2.38. The number of methoxy groups -OCH3 is 1. The van der Waals surface area contributed by atoms with Crippen molar-refractivity contribution in [2.75, 3.05) is 7.11 Å². The molecule has 3 aromatic rings. The minimum atomic E-state index is 0.554. The molecule has 1 aromatic heterocycles. The molecule has 0 amide bonds. The summed E-state index contributed by atoms with van der Waals surface area (Å²) in [7, 11) is 1.59. The number of imidazole rings is 1. The van der Waals surface area contributed by atoms with E-state index in [4.69, 9.17) is 22.2 Å². The molecule has 0 aliphatic rings. The fourth-order valence-corrected chi connectivity index (χ4v) is 2.69. The number of hydrogen-bond donors (Lipinski definition) is 1. The molecule has 104 valence electrons. The van der Waals surface area contributed by atoms with Gasteiger partial charge >= 0.3 is 0 Å². The molecule has 3 rings (SSSR count). The lowest BCUT2D eigenvalue weighted by molar-refractivity contribution is 0.413. The van der Waals surface area contributed by atoms with E-state index in [1.54, 1.807) is 19.2 Å². The number of fused-ring (bicyclic) bond motifs is 1. The van der Waals surface area contributed by atoms with Crippen molar-refractivity contribution < 1.29 is 4.74 Å². The Balaban J connectivity index is 2.35. The minimum Gasteiger partial charge on any atom is -0.495 e. The summed E-state index contributed by atoms with van der Waals surface area (Å²) in [6, 6.07) is 13.5. The molecule has 0 atom stereocenters. The van der Waals surface area contributed by atoms with E-state index < -0.39 is 0 Å². The van der Waals surface area contributed by atoms with Crippen molar-refractivity contribution in [3.05, 3.63) is 52.3 Å². The zero-order valence-corrected chi connectivity index (χ0v) is 12.5. The van der Waals surface area contributed by atoms with Gasteiger partial charge < -0.3 is 9.72 Å². The molecule has 2 aromatic carbocycles. The van der Waals surface area contributed by atoms with Crippen molar-refractivity contribution in [2.45, 2.75) is 6.92 Å². The van der Waals surface area contributed by atoms with Gasteiger partial charge in [-0.25, -0.2) is 0 Å². The van der Waals surface area contributed by atoms with Gasteiger partial charge in [-0.1, -0.05) is 6.07 Å². The maximum atomic E-state index is 9.00. The number of H-pyrrole nitrogens is 1. The number of nitrogens with zero attached hydrogens (tertiary/aromatic N) is 2. The summed E-state index contributed by atoms with van der Waals surface area (Å²) in [4.78, 5) is 3.19. The second kappa shape index (κ2) is 5.08. The van der Waals surface area contributed by atoms with Crippen LogP contribution in [0.3, 0.4) is 0 Å². The maximum Gasteiger partial charge on any atom is 0.182 e. The summed E-state index contributed by atoms with van der Waals surface area (Å²) >= 11 is 5.43. The van der Waals surface area contributed by atoms with Gasteiger partial charge in [-0.05, 0) is 49.0 Å². The average Bonchev–Trinajstić information content (AvgIpc) is 2.81. The molecule has 5 heteroatoms. The van der Waals surface area contributed by atoms with Gasteiger partial charge in [0.25, 0.3) is 0 Å². The largest absolute Gasteiger partial charge is 0.495 e. The zero-order valence-electron chi connectivity index (χ0n) is 11.7. The van der Waals surface area contributed by atoms with E-state index in [-0.39, 0.29) is 0 Å².